The van der Waals surface area contributed by atoms with Gasteiger partial charge in [-0.25, -0.2) is 13.5 Å². The Morgan fingerprint density at radius 1 is 1.47 bits per heavy atom. The Kier molecular flexibility index (Phi) is 4.21. The molecule has 0 bridgehead atoms. The zero-order valence-corrected chi connectivity index (χ0v) is 9.53. The number of aliphatic carboxylic acids is 1. The summed E-state index contributed by atoms with van der Waals surface area (Å²) in [5.41, 5.74) is -0.446. The van der Waals surface area contributed by atoms with Gasteiger partial charge in [0.2, 0.25) is 10.0 Å². The van der Waals surface area contributed by atoms with E-state index in [4.69, 9.17) is 5.11 Å². The van der Waals surface area contributed by atoms with Crippen molar-refractivity contribution in [3.63, 3.8) is 0 Å². The summed E-state index contributed by atoms with van der Waals surface area (Å²) in [6.07, 6.45) is -0.214. The molecule has 0 unspecified atom stereocenters. The number of rotatable bonds is 6. The standard InChI is InChI=1S/C8H11N3O5S/c12-7-4-3-6(9-10-7)11-17(15,16)5-1-2-8(13)14/h3-4H,1-2,5H2,(H,9,11)(H,10,12)(H,13,14). The minimum Gasteiger partial charge on any atom is -0.481 e. The van der Waals surface area contributed by atoms with Gasteiger partial charge in [-0.05, 0) is 12.5 Å². The number of carboxylic acids is 1. The van der Waals surface area contributed by atoms with Gasteiger partial charge in [-0.15, -0.1) is 0 Å². The summed E-state index contributed by atoms with van der Waals surface area (Å²) in [5, 5.41) is 13.9. The Morgan fingerprint density at radius 2 is 2.18 bits per heavy atom. The molecule has 1 rings (SSSR count). The van der Waals surface area contributed by atoms with Crippen LogP contribution in [0.15, 0.2) is 16.9 Å². The molecule has 8 nitrogen and oxygen atoms in total. The molecule has 0 fully saturated rings. The van der Waals surface area contributed by atoms with Crippen molar-refractivity contribution in [2.45, 2.75) is 12.8 Å². The summed E-state index contributed by atoms with van der Waals surface area (Å²) in [6.45, 7) is 0. The molecule has 94 valence electrons. The molecule has 17 heavy (non-hydrogen) atoms. The third kappa shape index (κ3) is 5.11. The number of H-pyrrole nitrogens is 1. The molecule has 0 saturated heterocycles. The smallest absolute Gasteiger partial charge is 0.303 e. The summed E-state index contributed by atoms with van der Waals surface area (Å²) in [7, 11) is -3.64. The average Bonchev–Trinajstić information content (AvgIpc) is 2.20. The van der Waals surface area contributed by atoms with E-state index in [1.807, 2.05) is 0 Å². The van der Waals surface area contributed by atoms with Crippen molar-refractivity contribution < 1.29 is 18.3 Å². The van der Waals surface area contributed by atoms with Gasteiger partial charge in [0, 0.05) is 12.5 Å². The summed E-state index contributed by atoms with van der Waals surface area (Å²) in [6, 6.07) is 2.34. The first-order chi connectivity index (χ1) is 7.89. The van der Waals surface area contributed by atoms with Crippen LogP contribution < -0.4 is 10.3 Å². The molecule has 0 aliphatic rings. The summed E-state index contributed by atoms with van der Waals surface area (Å²) in [5.74, 6) is -1.39. The van der Waals surface area contributed by atoms with Gasteiger partial charge in [-0.2, -0.15) is 5.10 Å². The first-order valence-electron chi connectivity index (χ1n) is 4.67. The van der Waals surface area contributed by atoms with Crippen molar-refractivity contribution in [2.24, 2.45) is 0 Å². The van der Waals surface area contributed by atoms with E-state index in [1.165, 1.54) is 6.07 Å². The van der Waals surface area contributed by atoms with E-state index in [1.54, 1.807) is 0 Å². The summed E-state index contributed by atoms with van der Waals surface area (Å²) in [4.78, 5) is 20.9. The predicted octanol–water partition coefficient (Wildman–Crippen LogP) is -0.624. The Labute approximate surface area is 96.7 Å². The molecule has 0 aliphatic heterocycles. The number of carboxylic acid groups (broad SMARTS) is 1. The molecule has 0 atom stereocenters. The molecule has 0 saturated carbocycles. The maximum atomic E-state index is 11.4. The number of nitrogens with one attached hydrogen (secondary N) is 2. The molecule has 0 aliphatic carbocycles. The van der Waals surface area contributed by atoms with E-state index >= 15 is 0 Å². The second kappa shape index (κ2) is 5.43. The Hall–Kier alpha value is -1.90. The van der Waals surface area contributed by atoms with Crippen LogP contribution in [-0.4, -0.2) is 35.4 Å². The minimum absolute atomic E-state index is 0.00796. The number of hydrogen-bond acceptors (Lipinski definition) is 5. The van der Waals surface area contributed by atoms with Crippen LogP contribution >= 0.6 is 0 Å². The van der Waals surface area contributed by atoms with Crippen LogP contribution in [0.1, 0.15) is 12.8 Å². The largest absolute Gasteiger partial charge is 0.481 e. The SMILES string of the molecule is O=C(O)CCCS(=O)(=O)Nc1ccc(=O)[nH]n1. The van der Waals surface area contributed by atoms with Crippen LogP contribution in [0.2, 0.25) is 0 Å². The van der Waals surface area contributed by atoms with Crippen LogP contribution in [0.25, 0.3) is 0 Å². The molecule has 1 aromatic heterocycles. The Balaban J connectivity index is 2.57. The highest BCUT2D eigenvalue weighted by atomic mass is 32.2. The second-order valence-electron chi connectivity index (χ2n) is 3.22. The van der Waals surface area contributed by atoms with Gasteiger partial charge in [0.1, 0.15) is 0 Å². The zero-order chi connectivity index (χ0) is 12.9. The Bertz CT molecular complexity index is 530. The number of nitrogens with zero attached hydrogens (tertiary/aromatic N) is 1. The third-order valence-corrected chi connectivity index (χ3v) is 3.09. The highest BCUT2D eigenvalue weighted by Crippen LogP contribution is 2.03. The van der Waals surface area contributed by atoms with E-state index in [9.17, 15) is 18.0 Å². The lowest BCUT2D eigenvalue weighted by atomic mass is 10.3. The minimum atomic E-state index is -3.64. The molecule has 1 aromatic rings. The van der Waals surface area contributed by atoms with E-state index in [0.717, 1.165) is 6.07 Å². The number of aromatic amines is 1. The fourth-order valence-electron chi connectivity index (χ4n) is 1.03. The number of aromatic nitrogens is 2. The van der Waals surface area contributed by atoms with Gasteiger partial charge in [0.15, 0.2) is 5.82 Å². The first-order valence-corrected chi connectivity index (χ1v) is 6.32. The van der Waals surface area contributed by atoms with Gasteiger partial charge in [0.05, 0.1) is 5.75 Å². The molecule has 0 radical (unpaired) electrons. The molecular weight excluding hydrogens is 250 g/mol. The van der Waals surface area contributed by atoms with Crippen LogP contribution in [0, 0.1) is 0 Å². The third-order valence-electron chi connectivity index (χ3n) is 1.74. The monoisotopic (exact) mass is 261 g/mol. The van der Waals surface area contributed by atoms with Crippen LogP contribution in [-0.2, 0) is 14.8 Å². The molecular formula is C8H11N3O5S. The van der Waals surface area contributed by atoms with Crippen LogP contribution in [0.3, 0.4) is 0 Å². The lowest BCUT2D eigenvalue weighted by Crippen LogP contribution is -2.19. The molecule has 9 heteroatoms. The summed E-state index contributed by atoms with van der Waals surface area (Å²) >= 11 is 0. The normalized spacial score (nSPS) is 11.1. The highest BCUT2D eigenvalue weighted by molar-refractivity contribution is 7.92. The zero-order valence-electron chi connectivity index (χ0n) is 8.71. The number of anilines is 1. The highest BCUT2D eigenvalue weighted by Gasteiger charge is 2.12. The number of carbonyl (C=O) groups is 1. The second-order valence-corrected chi connectivity index (χ2v) is 5.07. The van der Waals surface area contributed by atoms with Crippen LogP contribution in [0.5, 0.6) is 0 Å². The predicted molar refractivity (Wildman–Crippen MR) is 59.1 cm³/mol. The van der Waals surface area contributed by atoms with Crippen molar-refractivity contribution in [3.05, 3.63) is 22.5 Å². The molecule has 0 amide bonds. The van der Waals surface area contributed by atoms with E-state index in [2.05, 4.69) is 14.9 Å². The van der Waals surface area contributed by atoms with Crippen molar-refractivity contribution in [2.75, 3.05) is 10.5 Å². The molecule has 0 aromatic carbocycles. The van der Waals surface area contributed by atoms with Gasteiger partial charge >= 0.3 is 5.97 Å². The molecule has 1 heterocycles. The van der Waals surface area contributed by atoms with E-state index < -0.39 is 21.6 Å². The van der Waals surface area contributed by atoms with Crippen molar-refractivity contribution in [1.29, 1.82) is 0 Å². The number of sulfonamides is 1. The Morgan fingerprint density at radius 3 is 2.71 bits per heavy atom. The van der Waals surface area contributed by atoms with Gasteiger partial charge in [-0.1, -0.05) is 0 Å². The van der Waals surface area contributed by atoms with E-state index in [-0.39, 0.29) is 24.4 Å². The topological polar surface area (TPSA) is 129 Å². The van der Waals surface area contributed by atoms with Gasteiger partial charge < -0.3 is 5.11 Å². The van der Waals surface area contributed by atoms with Crippen molar-refractivity contribution >= 4 is 21.8 Å². The maximum absolute atomic E-state index is 11.4. The van der Waals surface area contributed by atoms with E-state index in [0.29, 0.717) is 0 Å². The molecule has 0 spiro atoms. The van der Waals surface area contributed by atoms with Gasteiger partial charge in [0.25, 0.3) is 5.56 Å². The maximum Gasteiger partial charge on any atom is 0.303 e. The molecule has 3 N–H and O–H groups in total. The summed E-state index contributed by atoms with van der Waals surface area (Å²) < 4.78 is 25.0. The van der Waals surface area contributed by atoms with Gasteiger partial charge in [-0.3, -0.25) is 14.3 Å². The van der Waals surface area contributed by atoms with Crippen molar-refractivity contribution in [1.82, 2.24) is 10.2 Å². The quantitative estimate of drug-likeness (QED) is 0.625. The van der Waals surface area contributed by atoms with Crippen molar-refractivity contribution in [3.8, 4) is 0 Å². The fraction of sp³-hybridized carbons (Fsp3) is 0.375. The van der Waals surface area contributed by atoms with Crippen LogP contribution in [0.4, 0.5) is 5.82 Å². The number of hydrogen-bond donors (Lipinski definition) is 3. The average molecular weight is 261 g/mol. The lowest BCUT2D eigenvalue weighted by molar-refractivity contribution is -0.137. The lowest BCUT2D eigenvalue weighted by Gasteiger charge is -2.05. The fourth-order valence-corrected chi connectivity index (χ4v) is 2.08. The first kappa shape index (κ1) is 13.2.